The van der Waals surface area contributed by atoms with Crippen LogP contribution in [-0.2, 0) is 6.42 Å². The van der Waals surface area contributed by atoms with E-state index in [0.29, 0.717) is 21.6 Å². The van der Waals surface area contributed by atoms with Crippen LogP contribution in [0.3, 0.4) is 0 Å². The number of aromatic nitrogens is 2. The zero-order valence-corrected chi connectivity index (χ0v) is 15.8. The largest absolute Gasteiger partial charge is 0.478 e. The van der Waals surface area contributed by atoms with Crippen LogP contribution in [-0.4, -0.2) is 26.8 Å². The lowest BCUT2D eigenvalue weighted by atomic mass is 10.0. The van der Waals surface area contributed by atoms with Crippen molar-refractivity contribution in [3.05, 3.63) is 77.1 Å². The summed E-state index contributed by atoms with van der Waals surface area (Å²) in [7, 11) is 0. The third-order valence-corrected chi connectivity index (χ3v) is 5.87. The molecule has 0 aliphatic rings. The van der Waals surface area contributed by atoms with Crippen molar-refractivity contribution in [3.8, 4) is 10.4 Å². The van der Waals surface area contributed by atoms with E-state index in [0.717, 1.165) is 16.4 Å². The van der Waals surface area contributed by atoms with E-state index in [4.69, 9.17) is 4.42 Å². The SMILES string of the molecule is O=C(Cc1csc(-c2cnc3[nH]ccc3c2)c1C(=O)O)c1cc2ccccc2o1. The summed E-state index contributed by atoms with van der Waals surface area (Å²) in [5.41, 5.74) is 2.68. The van der Waals surface area contributed by atoms with Gasteiger partial charge in [-0.2, -0.15) is 0 Å². The Balaban J connectivity index is 1.51. The number of carboxylic acid groups (broad SMARTS) is 1. The summed E-state index contributed by atoms with van der Waals surface area (Å²) >= 11 is 1.30. The Labute approximate surface area is 168 Å². The normalized spacial score (nSPS) is 11.3. The lowest BCUT2D eigenvalue weighted by Crippen LogP contribution is -2.07. The molecule has 0 aliphatic heterocycles. The number of nitrogens with zero attached hydrogens (tertiary/aromatic N) is 1. The number of hydrogen-bond acceptors (Lipinski definition) is 5. The van der Waals surface area contributed by atoms with E-state index in [1.54, 1.807) is 29.9 Å². The number of pyridine rings is 1. The number of fused-ring (bicyclic) bond motifs is 2. The van der Waals surface area contributed by atoms with Crippen molar-refractivity contribution < 1.29 is 19.1 Å². The Bertz CT molecular complexity index is 1360. The van der Waals surface area contributed by atoms with Crippen LogP contribution in [0.5, 0.6) is 0 Å². The van der Waals surface area contributed by atoms with Crippen molar-refractivity contribution in [2.24, 2.45) is 0 Å². The number of Topliss-reactive ketones (excluding diaryl/α,β-unsaturated/α-hetero) is 1. The van der Waals surface area contributed by atoms with Crippen molar-refractivity contribution in [1.82, 2.24) is 9.97 Å². The van der Waals surface area contributed by atoms with Crippen LogP contribution in [0.15, 0.2) is 64.7 Å². The van der Waals surface area contributed by atoms with Crippen molar-refractivity contribution in [2.45, 2.75) is 6.42 Å². The van der Waals surface area contributed by atoms with Gasteiger partial charge in [0.2, 0.25) is 5.78 Å². The molecule has 0 amide bonds. The summed E-state index contributed by atoms with van der Waals surface area (Å²) in [6.45, 7) is 0. The Kier molecular flexibility index (Phi) is 4.03. The maximum absolute atomic E-state index is 12.7. The molecule has 0 atom stereocenters. The van der Waals surface area contributed by atoms with E-state index < -0.39 is 5.97 Å². The third kappa shape index (κ3) is 3.01. The van der Waals surface area contributed by atoms with Gasteiger partial charge >= 0.3 is 5.97 Å². The first kappa shape index (κ1) is 17.4. The maximum Gasteiger partial charge on any atom is 0.337 e. The standard InChI is InChI=1S/C22H14N2O4S/c25-16(18-9-12-3-1-2-4-17(12)28-18)8-15-11-29-20(19(15)22(26)27)14-7-13-5-6-23-21(13)24-10-14/h1-7,9-11H,8H2,(H,23,24)(H,26,27). The van der Waals surface area contributed by atoms with Crippen molar-refractivity contribution in [1.29, 1.82) is 0 Å². The number of H-pyrrole nitrogens is 1. The number of aromatic carboxylic acids is 1. The minimum atomic E-state index is -1.07. The molecule has 5 rings (SSSR count). The van der Waals surface area contributed by atoms with Gasteiger partial charge in [0.25, 0.3) is 0 Å². The van der Waals surface area contributed by atoms with Crippen LogP contribution in [0.4, 0.5) is 0 Å². The van der Waals surface area contributed by atoms with Crippen LogP contribution >= 0.6 is 11.3 Å². The monoisotopic (exact) mass is 402 g/mol. The Hall–Kier alpha value is -3.71. The molecule has 0 unspecified atom stereocenters. The third-order valence-electron chi connectivity index (χ3n) is 4.79. The second-order valence-electron chi connectivity index (χ2n) is 6.66. The fourth-order valence-corrected chi connectivity index (χ4v) is 4.46. The van der Waals surface area contributed by atoms with Crippen LogP contribution in [0.25, 0.3) is 32.4 Å². The highest BCUT2D eigenvalue weighted by Gasteiger charge is 2.23. The first-order valence-electron chi connectivity index (χ1n) is 8.89. The minimum Gasteiger partial charge on any atom is -0.478 e. The number of para-hydroxylation sites is 1. The summed E-state index contributed by atoms with van der Waals surface area (Å²) in [5.74, 6) is -1.10. The average molecular weight is 402 g/mol. The first-order chi connectivity index (χ1) is 14.1. The van der Waals surface area contributed by atoms with E-state index in [-0.39, 0.29) is 23.5 Å². The van der Waals surface area contributed by atoms with Gasteiger partial charge in [0.05, 0.1) is 10.4 Å². The van der Waals surface area contributed by atoms with Gasteiger partial charge in [-0.25, -0.2) is 9.78 Å². The van der Waals surface area contributed by atoms with E-state index in [1.807, 2.05) is 30.3 Å². The van der Waals surface area contributed by atoms with E-state index >= 15 is 0 Å². The van der Waals surface area contributed by atoms with E-state index in [2.05, 4.69) is 9.97 Å². The average Bonchev–Trinajstić information content (AvgIpc) is 3.44. The number of aromatic amines is 1. The van der Waals surface area contributed by atoms with Gasteiger partial charge in [-0.15, -0.1) is 11.3 Å². The van der Waals surface area contributed by atoms with Gasteiger partial charge in [0, 0.05) is 35.2 Å². The number of nitrogens with one attached hydrogen (secondary N) is 1. The number of carboxylic acids is 1. The summed E-state index contributed by atoms with van der Waals surface area (Å²) < 4.78 is 5.63. The number of benzene rings is 1. The molecule has 29 heavy (non-hydrogen) atoms. The second-order valence-corrected chi connectivity index (χ2v) is 7.54. The van der Waals surface area contributed by atoms with Gasteiger partial charge in [0.1, 0.15) is 11.2 Å². The predicted molar refractivity (Wildman–Crippen MR) is 111 cm³/mol. The van der Waals surface area contributed by atoms with Crippen molar-refractivity contribution in [3.63, 3.8) is 0 Å². The Morgan fingerprint density at radius 3 is 2.83 bits per heavy atom. The zero-order valence-electron chi connectivity index (χ0n) is 15.0. The Morgan fingerprint density at radius 2 is 2.00 bits per heavy atom. The van der Waals surface area contributed by atoms with Crippen LogP contribution in [0.1, 0.15) is 26.5 Å². The minimum absolute atomic E-state index is 0.0439. The molecule has 0 spiro atoms. The molecule has 0 fully saturated rings. The molecule has 0 aliphatic carbocycles. The maximum atomic E-state index is 12.7. The molecule has 0 saturated heterocycles. The molecular weight excluding hydrogens is 388 g/mol. The summed E-state index contributed by atoms with van der Waals surface area (Å²) in [6.07, 6.45) is 3.38. The van der Waals surface area contributed by atoms with Gasteiger partial charge in [-0.1, -0.05) is 18.2 Å². The van der Waals surface area contributed by atoms with E-state index in [1.165, 1.54) is 11.3 Å². The molecule has 0 saturated carbocycles. The molecule has 0 bridgehead atoms. The lowest BCUT2D eigenvalue weighted by Gasteiger charge is -2.03. The highest BCUT2D eigenvalue weighted by Crippen LogP contribution is 2.34. The molecule has 7 heteroatoms. The number of hydrogen-bond donors (Lipinski definition) is 2. The van der Waals surface area contributed by atoms with Crippen LogP contribution in [0.2, 0.25) is 0 Å². The zero-order chi connectivity index (χ0) is 20.0. The summed E-state index contributed by atoms with van der Waals surface area (Å²) in [6, 6.07) is 12.8. The molecule has 6 nitrogen and oxygen atoms in total. The molecule has 4 aromatic heterocycles. The quantitative estimate of drug-likeness (QED) is 0.396. The second kappa shape index (κ2) is 6.72. The molecule has 142 valence electrons. The number of ketones is 1. The fourth-order valence-electron chi connectivity index (χ4n) is 3.41. The number of furan rings is 1. The highest BCUT2D eigenvalue weighted by atomic mass is 32.1. The molecule has 5 aromatic rings. The van der Waals surface area contributed by atoms with Gasteiger partial charge in [-0.05, 0) is 35.2 Å². The number of rotatable bonds is 5. The summed E-state index contributed by atoms with van der Waals surface area (Å²) in [5, 5.41) is 13.3. The Morgan fingerprint density at radius 1 is 1.14 bits per heavy atom. The predicted octanol–water partition coefficient (Wildman–Crippen LogP) is 5.16. The van der Waals surface area contributed by atoms with Gasteiger partial charge in [0.15, 0.2) is 5.76 Å². The number of carbonyl (C=O) groups is 2. The highest BCUT2D eigenvalue weighted by molar-refractivity contribution is 7.14. The molecular formula is C22H14N2O4S. The molecule has 4 heterocycles. The van der Waals surface area contributed by atoms with Crippen LogP contribution < -0.4 is 0 Å². The number of thiophene rings is 1. The van der Waals surface area contributed by atoms with Crippen LogP contribution in [0, 0.1) is 0 Å². The van der Waals surface area contributed by atoms with Crippen molar-refractivity contribution in [2.75, 3.05) is 0 Å². The van der Waals surface area contributed by atoms with Crippen molar-refractivity contribution >= 4 is 45.1 Å². The topological polar surface area (TPSA) is 96.2 Å². The smallest absolute Gasteiger partial charge is 0.337 e. The van der Waals surface area contributed by atoms with Gasteiger partial charge < -0.3 is 14.5 Å². The number of carbonyl (C=O) groups excluding carboxylic acids is 1. The first-order valence-corrected chi connectivity index (χ1v) is 9.77. The lowest BCUT2D eigenvalue weighted by molar-refractivity contribution is 0.0697. The van der Waals surface area contributed by atoms with E-state index in [9.17, 15) is 14.7 Å². The molecule has 0 radical (unpaired) electrons. The fraction of sp³-hybridized carbons (Fsp3) is 0.0455. The van der Waals surface area contributed by atoms with Gasteiger partial charge in [-0.3, -0.25) is 4.79 Å². The molecule has 2 N–H and O–H groups in total. The summed E-state index contributed by atoms with van der Waals surface area (Å²) in [4.78, 5) is 32.7. The molecule has 1 aromatic carbocycles.